The van der Waals surface area contributed by atoms with E-state index in [0.717, 1.165) is 28.2 Å². The van der Waals surface area contributed by atoms with Crippen LogP contribution in [0.2, 0.25) is 0 Å². The van der Waals surface area contributed by atoms with Crippen molar-refractivity contribution in [3.63, 3.8) is 0 Å². The highest BCUT2D eigenvalue weighted by Gasteiger charge is 2.17. The van der Waals surface area contributed by atoms with E-state index in [0.29, 0.717) is 11.4 Å². The number of para-hydroxylation sites is 1. The van der Waals surface area contributed by atoms with Gasteiger partial charge in [0.1, 0.15) is 4.88 Å². The van der Waals surface area contributed by atoms with Gasteiger partial charge in [-0.2, -0.15) is 0 Å². The van der Waals surface area contributed by atoms with Crippen molar-refractivity contribution in [3.8, 4) is 11.3 Å². The Morgan fingerprint density at radius 2 is 1.88 bits per heavy atom. The SMILES string of the molecule is Cc1nc(-c2ccccc2)c(C(=O)NCCc2c[nH]c3ccccc23)s1. The van der Waals surface area contributed by atoms with E-state index in [4.69, 9.17) is 0 Å². The summed E-state index contributed by atoms with van der Waals surface area (Å²) in [7, 11) is 0. The molecular formula is C21H19N3OS. The Bertz CT molecular complexity index is 1050. The van der Waals surface area contributed by atoms with Gasteiger partial charge in [-0.15, -0.1) is 11.3 Å². The van der Waals surface area contributed by atoms with Crippen LogP contribution in [0.25, 0.3) is 22.2 Å². The quantitative estimate of drug-likeness (QED) is 0.547. The Kier molecular flexibility index (Phi) is 4.54. The number of aryl methyl sites for hydroxylation is 1. The summed E-state index contributed by atoms with van der Waals surface area (Å²) in [5, 5.41) is 5.15. The van der Waals surface area contributed by atoms with E-state index < -0.39 is 0 Å². The second-order valence-corrected chi connectivity index (χ2v) is 7.35. The molecule has 0 spiro atoms. The van der Waals surface area contributed by atoms with Gasteiger partial charge in [0.2, 0.25) is 0 Å². The molecule has 2 aromatic heterocycles. The number of thiazole rings is 1. The number of rotatable bonds is 5. The highest BCUT2D eigenvalue weighted by atomic mass is 32.1. The first-order chi connectivity index (χ1) is 12.7. The molecule has 2 N–H and O–H groups in total. The topological polar surface area (TPSA) is 57.8 Å². The number of fused-ring (bicyclic) bond motifs is 1. The largest absolute Gasteiger partial charge is 0.361 e. The van der Waals surface area contributed by atoms with Crippen LogP contribution in [-0.2, 0) is 6.42 Å². The lowest BCUT2D eigenvalue weighted by molar-refractivity contribution is 0.0958. The minimum absolute atomic E-state index is 0.0608. The highest BCUT2D eigenvalue weighted by molar-refractivity contribution is 7.14. The molecule has 4 rings (SSSR count). The molecule has 0 aliphatic carbocycles. The molecule has 2 heterocycles. The Morgan fingerprint density at radius 1 is 1.12 bits per heavy atom. The molecule has 0 bridgehead atoms. The Balaban J connectivity index is 1.47. The third-order valence-electron chi connectivity index (χ3n) is 4.34. The molecule has 0 unspecified atom stereocenters. The molecule has 5 heteroatoms. The monoisotopic (exact) mass is 361 g/mol. The molecule has 2 aromatic carbocycles. The number of carbonyl (C=O) groups excluding carboxylic acids is 1. The van der Waals surface area contributed by atoms with Crippen LogP contribution in [0, 0.1) is 6.92 Å². The van der Waals surface area contributed by atoms with Gasteiger partial charge in [-0.3, -0.25) is 4.79 Å². The molecule has 26 heavy (non-hydrogen) atoms. The van der Waals surface area contributed by atoms with Crippen LogP contribution in [0.1, 0.15) is 20.2 Å². The number of carbonyl (C=O) groups is 1. The third kappa shape index (κ3) is 3.26. The lowest BCUT2D eigenvalue weighted by Gasteiger charge is -2.05. The van der Waals surface area contributed by atoms with Crippen LogP contribution in [0.15, 0.2) is 60.8 Å². The van der Waals surface area contributed by atoms with E-state index >= 15 is 0 Å². The van der Waals surface area contributed by atoms with Crippen molar-refractivity contribution in [1.82, 2.24) is 15.3 Å². The zero-order valence-corrected chi connectivity index (χ0v) is 15.3. The molecule has 4 nitrogen and oxygen atoms in total. The molecule has 130 valence electrons. The van der Waals surface area contributed by atoms with Gasteiger partial charge in [-0.05, 0) is 25.0 Å². The van der Waals surface area contributed by atoms with Crippen LogP contribution < -0.4 is 5.32 Å². The lowest BCUT2D eigenvalue weighted by atomic mass is 10.1. The molecule has 0 fully saturated rings. The number of H-pyrrole nitrogens is 1. The number of nitrogens with one attached hydrogen (secondary N) is 2. The summed E-state index contributed by atoms with van der Waals surface area (Å²) < 4.78 is 0. The summed E-state index contributed by atoms with van der Waals surface area (Å²) in [5.74, 6) is -0.0608. The smallest absolute Gasteiger partial charge is 0.263 e. The summed E-state index contributed by atoms with van der Waals surface area (Å²) in [6.07, 6.45) is 2.80. The van der Waals surface area contributed by atoms with Crippen molar-refractivity contribution in [3.05, 3.63) is 76.2 Å². The zero-order chi connectivity index (χ0) is 17.9. The predicted octanol–water partition coefficient (Wildman–Crippen LogP) is 4.57. The second kappa shape index (κ2) is 7.14. The minimum Gasteiger partial charge on any atom is -0.361 e. The number of aromatic amines is 1. The molecular weight excluding hydrogens is 342 g/mol. The fourth-order valence-electron chi connectivity index (χ4n) is 3.10. The molecule has 0 saturated heterocycles. The first-order valence-corrected chi connectivity index (χ1v) is 9.40. The van der Waals surface area contributed by atoms with E-state index in [1.54, 1.807) is 0 Å². The van der Waals surface area contributed by atoms with Gasteiger partial charge in [0.25, 0.3) is 5.91 Å². The van der Waals surface area contributed by atoms with Gasteiger partial charge in [0.15, 0.2) is 0 Å². The normalized spacial score (nSPS) is 11.0. The zero-order valence-electron chi connectivity index (χ0n) is 14.5. The fourth-order valence-corrected chi connectivity index (χ4v) is 3.96. The average Bonchev–Trinajstić information content (AvgIpc) is 3.26. The summed E-state index contributed by atoms with van der Waals surface area (Å²) in [5.41, 5.74) is 4.07. The molecule has 0 saturated carbocycles. The maximum atomic E-state index is 12.7. The van der Waals surface area contributed by atoms with E-state index in [-0.39, 0.29) is 5.91 Å². The van der Waals surface area contributed by atoms with E-state index in [9.17, 15) is 4.79 Å². The molecule has 0 atom stereocenters. The van der Waals surface area contributed by atoms with Crippen molar-refractivity contribution in [1.29, 1.82) is 0 Å². The standard InChI is InChI=1S/C21H19N3OS/c1-14-24-19(15-7-3-2-4-8-15)20(26-14)21(25)22-12-11-16-13-23-18-10-6-5-9-17(16)18/h2-10,13,23H,11-12H2,1H3,(H,22,25). The van der Waals surface area contributed by atoms with Crippen molar-refractivity contribution in [2.45, 2.75) is 13.3 Å². The van der Waals surface area contributed by atoms with E-state index in [2.05, 4.69) is 27.4 Å². The highest BCUT2D eigenvalue weighted by Crippen LogP contribution is 2.27. The first kappa shape index (κ1) is 16.5. The summed E-state index contributed by atoms with van der Waals surface area (Å²) in [6, 6.07) is 18.1. The van der Waals surface area contributed by atoms with Crippen molar-refractivity contribution < 1.29 is 4.79 Å². The van der Waals surface area contributed by atoms with E-state index in [1.165, 1.54) is 22.3 Å². The van der Waals surface area contributed by atoms with Crippen LogP contribution in [0.5, 0.6) is 0 Å². The van der Waals surface area contributed by atoms with Gasteiger partial charge in [0, 0.05) is 29.2 Å². The number of benzene rings is 2. The number of nitrogens with zero attached hydrogens (tertiary/aromatic N) is 1. The molecule has 4 aromatic rings. The minimum atomic E-state index is -0.0608. The molecule has 0 aliphatic rings. The van der Waals surface area contributed by atoms with Crippen LogP contribution >= 0.6 is 11.3 Å². The third-order valence-corrected chi connectivity index (χ3v) is 5.31. The van der Waals surface area contributed by atoms with Gasteiger partial charge in [0.05, 0.1) is 10.7 Å². The Morgan fingerprint density at radius 3 is 2.73 bits per heavy atom. The Labute approximate surface area is 155 Å². The summed E-state index contributed by atoms with van der Waals surface area (Å²) in [6.45, 7) is 2.52. The average molecular weight is 361 g/mol. The number of hydrogen-bond acceptors (Lipinski definition) is 3. The summed E-state index contributed by atoms with van der Waals surface area (Å²) >= 11 is 1.44. The molecule has 0 aliphatic heterocycles. The van der Waals surface area contributed by atoms with Crippen LogP contribution in [-0.4, -0.2) is 22.4 Å². The molecule has 0 radical (unpaired) electrons. The predicted molar refractivity (Wildman–Crippen MR) is 107 cm³/mol. The van der Waals surface area contributed by atoms with Crippen molar-refractivity contribution in [2.75, 3.05) is 6.54 Å². The fraction of sp³-hybridized carbons (Fsp3) is 0.143. The number of aromatic nitrogens is 2. The first-order valence-electron chi connectivity index (χ1n) is 8.58. The number of hydrogen-bond donors (Lipinski definition) is 2. The van der Waals surface area contributed by atoms with Gasteiger partial charge in [-0.25, -0.2) is 4.98 Å². The number of amides is 1. The van der Waals surface area contributed by atoms with Gasteiger partial charge < -0.3 is 10.3 Å². The van der Waals surface area contributed by atoms with Gasteiger partial charge in [-0.1, -0.05) is 48.5 Å². The Hall–Kier alpha value is -2.92. The van der Waals surface area contributed by atoms with Crippen LogP contribution in [0.3, 0.4) is 0 Å². The van der Waals surface area contributed by atoms with Crippen molar-refractivity contribution >= 4 is 28.1 Å². The summed E-state index contributed by atoms with van der Waals surface area (Å²) in [4.78, 5) is 21.2. The van der Waals surface area contributed by atoms with Crippen molar-refractivity contribution in [2.24, 2.45) is 0 Å². The van der Waals surface area contributed by atoms with Gasteiger partial charge >= 0.3 is 0 Å². The maximum Gasteiger partial charge on any atom is 0.263 e. The maximum absolute atomic E-state index is 12.7. The lowest BCUT2D eigenvalue weighted by Crippen LogP contribution is -2.25. The second-order valence-electron chi connectivity index (χ2n) is 6.14. The van der Waals surface area contributed by atoms with E-state index in [1.807, 2.05) is 55.6 Å². The molecule has 1 amide bonds. The van der Waals surface area contributed by atoms with Crippen LogP contribution in [0.4, 0.5) is 0 Å².